The average Bonchev–Trinajstić information content (AvgIpc) is 2.30. The van der Waals surface area contributed by atoms with E-state index in [0.717, 1.165) is 13.0 Å². The third kappa shape index (κ3) is 2.06. The zero-order valence-corrected chi connectivity index (χ0v) is 8.67. The monoisotopic (exact) mass is 191 g/mol. The first-order valence-corrected chi connectivity index (χ1v) is 5.46. The van der Waals surface area contributed by atoms with Gasteiger partial charge in [-0.05, 0) is 25.2 Å². The van der Waals surface area contributed by atoms with Crippen molar-refractivity contribution in [3.8, 4) is 0 Å². The molecule has 72 valence electrons. The van der Waals surface area contributed by atoms with Gasteiger partial charge in [0.05, 0.1) is 0 Å². The van der Waals surface area contributed by atoms with Gasteiger partial charge in [0.15, 0.2) is 0 Å². The van der Waals surface area contributed by atoms with Crippen LogP contribution in [0, 0.1) is 11.8 Å². The van der Waals surface area contributed by atoms with E-state index in [4.69, 9.17) is 4.55 Å². The summed E-state index contributed by atoms with van der Waals surface area (Å²) in [7, 11) is 0. The fourth-order valence-corrected chi connectivity index (χ4v) is 2.45. The van der Waals surface area contributed by atoms with Crippen molar-refractivity contribution < 1.29 is 8.76 Å². The first-order chi connectivity index (χ1) is 5.52. The predicted molar refractivity (Wildman–Crippen MR) is 49.9 cm³/mol. The molecule has 0 aliphatic carbocycles. The quantitative estimate of drug-likeness (QED) is 0.672. The summed E-state index contributed by atoms with van der Waals surface area (Å²) in [5.41, 5.74) is 0. The van der Waals surface area contributed by atoms with Crippen molar-refractivity contribution in [1.82, 2.24) is 4.31 Å². The van der Waals surface area contributed by atoms with Crippen molar-refractivity contribution >= 4 is 11.3 Å². The molecule has 12 heavy (non-hydrogen) atoms. The molecule has 4 heteroatoms. The second-order valence-electron chi connectivity index (χ2n) is 3.92. The predicted octanol–water partition coefficient (Wildman–Crippen LogP) is 1.49. The van der Waals surface area contributed by atoms with E-state index in [1.165, 1.54) is 0 Å². The lowest BCUT2D eigenvalue weighted by molar-refractivity contribution is 0.373. The lowest BCUT2D eigenvalue weighted by Crippen LogP contribution is -2.29. The van der Waals surface area contributed by atoms with Crippen LogP contribution in [0.15, 0.2) is 0 Å². The first-order valence-electron chi connectivity index (χ1n) is 4.40. The molecule has 0 aromatic rings. The van der Waals surface area contributed by atoms with Crippen LogP contribution in [-0.2, 0) is 11.3 Å². The van der Waals surface area contributed by atoms with E-state index in [1.54, 1.807) is 4.31 Å². The molecule has 0 bridgehead atoms. The highest BCUT2D eigenvalue weighted by atomic mass is 32.2. The molecule has 1 fully saturated rings. The van der Waals surface area contributed by atoms with Gasteiger partial charge in [0.25, 0.3) is 0 Å². The fraction of sp³-hybridized carbons (Fsp3) is 1.00. The van der Waals surface area contributed by atoms with Gasteiger partial charge in [-0.1, -0.05) is 13.8 Å². The minimum atomic E-state index is -1.77. The van der Waals surface area contributed by atoms with E-state index in [0.29, 0.717) is 11.8 Å². The largest absolute Gasteiger partial charge is 0.294 e. The molecule has 0 radical (unpaired) electrons. The van der Waals surface area contributed by atoms with Crippen LogP contribution in [-0.4, -0.2) is 25.7 Å². The van der Waals surface area contributed by atoms with Crippen LogP contribution in [0.2, 0.25) is 0 Å². The normalized spacial score (nSPS) is 34.4. The zero-order chi connectivity index (χ0) is 9.30. The Bertz CT molecular complexity index is 184. The van der Waals surface area contributed by atoms with Crippen LogP contribution in [0.4, 0.5) is 0 Å². The van der Waals surface area contributed by atoms with Crippen LogP contribution >= 0.6 is 0 Å². The maximum absolute atomic E-state index is 10.8. The van der Waals surface area contributed by atoms with Gasteiger partial charge < -0.3 is 0 Å². The Labute approximate surface area is 76.6 Å². The second kappa shape index (κ2) is 3.85. The molecule has 1 heterocycles. The van der Waals surface area contributed by atoms with Gasteiger partial charge in [0.1, 0.15) is 0 Å². The summed E-state index contributed by atoms with van der Waals surface area (Å²) in [5, 5.41) is 0. The summed E-state index contributed by atoms with van der Waals surface area (Å²) in [4.78, 5) is 0. The SMILES string of the molecule is CC(C)C1CC(C)N(S(=O)O)C1. The van der Waals surface area contributed by atoms with Gasteiger partial charge in [0.2, 0.25) is 11.3 Å². The van der Waals surface area contributed by atoms with Gasteiger partial charge in [0, 0.05) is 12.6 Å². The van der Waals surface area contributed by atoms with E-state index >= 15 is 0 Å². The summed E-state index contributed by atoms with van der Waals surface area (Å²) in [6, 6.07) is 0.253. The molecule has 3 atom stereocenters. The van der Waals surface area contributed by atoms with Gasteiger partial charge in [-0.25, -0.2) is 4.21 Å². The third-order valence-electron chi connectivity index (χ3n) is 2.69. The standard InChI is InChI=1S/C8H17NO2S/c1-6(2)8-4-7(3)9(5-8)12(10)11/h6-8H,4-5H2,1-3H3,(H,10,11). The second-order valence-corrected chi connectivity index (χ2v) is 4.85. The Hall–Kier alpha value is 0.0700. The highest BCUT2D eigenvalue weighted by Gasteiger charge is 2.33. The van der Waals surface area contributed by atoms with E-state index in [9.17, 15) is 4.21 Å². The molecular formula is C8H17NO2S. The van der Waals surface area contributed by atoms with Crippen LogP contribution < -0.4 is 0 Å². The van der Waals surface area contributed by atoms with Gasteiger partial charge in [-0.2, -0.15) is 4.31 Å². The summed E-state index contributed by atoms with van der Waals surface area (Å²) in [6.45, 7) is 7.11. The molecule has 1 rings (SSSR count). The number of nitrogens with zero attached hydrogens (tertiary/aromatic N) is 1. The third-order valence-corrected chi connectivity index (χ3v) is 3.60. The van der Waals surface area contributed by atoms with Gasteiger partial charge in [-0.15, -0.1) is 0 Å². The highest BCUT2D eigenvalue weighted by Crippen LogP contribution is 2.28. The van der Waals surface area contributed by atoms with E-state index in [-0.39, 0.29) is 6.04 Å². The topological polar surface area (TPSA) is 40.5 Å². The molecule has 0 aromatic carbocycles. The molecule has 3 nitrogen and oxygen atoms in total. The Balaban J connectivity index is 2.56. The van der Waals surface area contributed by atoms with Crippen LogP contribution in [0.1, 0.15) is 27.2 Å². The summed E-state index contributed by atoms with van der Waals surface area (Å²) in [6.07, 6.45) is 1.05. The number of hydrogen-bond acceptors (Lipinski definition) is 1. The highest BCUT2D eigenvalue weighted by molar-refractivity contribution is 7.76. The minimum absolute atomic E-state index is 0.253. The van der Waals surface area contributed by atoms with Crippen molar-refractivity contribution in [2.45, 2.75) is 33.2 Å². The molecule has 1 aliphatic heterocycles. The molecule has 1 saturated heterocycles. The number of rotatable bonds is 2. The summed E-state index contributed by atoms with van der Waals surface area (Å²) >= 11 is -1.77. The molecule has 0 amide bonds. The van der Waals surface area contributed by atoms with Gasteiger partial charge in [-0.3, -0.25) is 4.55 Å². The van der Waals surface area contributed by atoms with E-state index in [2.05, 4.69) is 13.8 Å². The van der Waals surface area contributed by atoms with Crippen molar-refractivity contribution in [1.29, 1.82) is 0 Å². The molecule has 1 aliphatic rings. The number of hydrogen-bond donors (Lipinski definition) is 1. The molecular weight excluding hydrogens is 174 g/mol. The Kier molecular flexibility index (Phi) is 3.26. The maximum Gasteiger partial charge on any atom is 0.234 e. The Morgan fingerprint density at radius 1 is 1.58 bits per heavy atom. The van der Waals surface area contributed by atoms with E-state index in [1.807, 2.05) is 6.92 Å². The van der Waals surface area contributed by atoms with Crippen molar-refractivity contribution in [2.75, 3.05) is 6.54 Å². The van der Waals surface area contributed by atoms with Crippen molar-refractivity contribution in [3.63, 3.8) is 0 Å². The molecule has 3 unspecified atom stereocenters. The summed E-state index contributed by atoms with van der Waals surface area (Å²) < 4.78 is 21.4. The maximum atomic E-state index is 10.8. The molecule has 1 N–H and O–H groups in total. The average molecular weight is 191 g/mol. The fourth-order valence-electron chi connectivity index (χ4n) is 1.74. The summed E-state index contributed by atoms with van der Waals surface area (Å²) in [5.74, 6) is 1.19. The lowest BCUT2D eigenvalue weighted by Gasteiger charge is -2.15. The van der Waals surface area contributed by atoms with Crippen LogP contribution in [0.3, 0.4) is 0 Å². The molecule has 0 saturated carbocycles. The van der Waals surface area contributed by atoms with Gasteiger partial charge >= 0.3 is 0 Å². The van der Waals surface area contributed by atoms with Crippen molar-refractivity contribution in [2.24, 2.45) is 11.8 Å². The zero-order valence-electron chi connectivity index (χ0n) is 7.86. The first kappa shape index (κ1) is 10.2. The van der Waals surface area contributed by atoms with Crippen LogP contribution in [0.5, 0.6) is 0 Å². The molecule has 0 aromatic heterocycles. The Morgan fingerprint density at radius 2 is 2.17 bits per heavy atom. The van der Waals surface area contributed by atoms with E-state index < -0.39 is 11.3 Å². The van der Waals surface area contributed by atoms with Crippen LogP contribution in [0.25, 0.3) is 0 Å². The lowest BCUT2D eigenvalue weighted by atomic mass is 9.94. The van der Waals surface area contributed by atoms with Crippen molar-refractivity contribution in [3.05, 3.63) is 0 Å². The smallest absolute Gasteiger partial charge is 0.234 e. The Morgan fingerprint density at radius 3 is 2.42 bits per heavy atom. The minimum Gasteiger partial charge on any atom is -0.294 e. The molecule has 0 spiro atoms.